The monoisotopic (exact) mass is 326 g/mol. The number of furan rings is 1. The Hall–Kier alpha value is -3.48. The molecule has 0 aliphatic heterocycles. The Morgan fingerprint density at radius 2 is 1.92 bits per heavy atom. The van der Waals surface area contributed by atoms with Crippen LogP contribution in [-0.4, -0.2) is 27.4 Å². The minimum absolute atomic E-state index is 0.0378. The maximum atomic E-state index is 12.2. The second kappa shape index (κ2) is 5.96. The van der Waals surface area contributed by atoms with E-state index in [0.29, 0.717) is 22.1 Å². The average Bonchev–Trinajstić information content (AvgIpc) is 2.89. The van der Waals surface area contributed by atoms with Crippen molar-refractivity contribution in [3.63, 3.8) is 0 Å². The Morgan fingerprint density at radius 1 is 1.12 bits per heavy atom. The fourth-order valence-electron chi connectivity index (χ4n) is 2.34. The third-order valence-electron chi connectivity index (χ3n) is 3.52. The summed E-state index contributed by atoms with van der Waals surface area (Å²) in [5, 5.41) is 32.7. The predicted molar refractivity (Wildman–Crippen MR) is 87.4 cm³/mol. The number of aryl methyl sites for hydroxylation is 1. The van der Waals surface area contributed by atoms with Gasteiger partial charge in [0, 0.05) is 5.56 Å². The lowest BCUT2D eigenvalue weighted by Crippen LogP contribution is -2.17. The first kappa shape index (κ1) is 15.4. The molecule has 0 aliphatic rings. The van der Waals surface area contributed by atoms with Crippen molar-refractivity contribution in [1.29, 1.82) is 0 Å². The zero-order chi connectivity index (χ0) is 17.3. The Kier molecular flexibility index (Phi) is 3.83. The van der Waals surface area contributed by atoms with Gasteiger partial charge in [-0.15, -0.1) is 0 Å². The van der Waals surface area contributed by atoms with Crippen LogP contribution in [-0.2, 0) is 0 Å². The zero-order valence-corrected chi connectivity index (χ0v) is 12.6. The smallest absolute Gasteiger partial charge is 0.307 e. The largest absolute Gasteiger partial charge is 0.507 e. The molecule has 0 fully saturated rings. The molecule has 0 atom stereocenters. The molecular weight excluding hydrogens is 312 g/mol. The number of hydrogen-bond acceptors (Lipinski definition) is 6. The summed E-state index contributed by atoms with van der Waals surface area (Å²) in [6, 6.07) is 8.93. The number of aromatic hydroxyl groups is 3. The molecule has 2 aromatic carbocycles. The average molecular weight is 326 g/mol. The minimum atomic E-state index is -0.567. The number of hydrogen-bond donors (Lipinski definition) is 4. The third kappa shape index (κ3) is 2.74. The number of hydrazone groups is 1. The first-order valence-electron chi connectivity index (χ1n) is 7.04. The summed E-state index contributed by atoms with van der Waals surface area (Å²) in [6.07, 6.45) is 1.31. The lowest BCUT2D eigenvalue weighted by molar-refractivity contribution is 0.0929. The topological polar surface area (TPSA) is 115 Å². The SMILES string of the molecule is Cc1c(C(=O)NN=Cc2ccc(O)c(O)c2)oc2cccc(O)c12. The van der Waals surface area contributed by atoms with Crippen LogP contribution in [0.1, 0.15) is 21.7 Å². The van der Waals surface area contributed by atoms with E-state index in [9.17, 15) is 20.1 Å². The molecule has 0 aliphatic carbocycles. The van der Waals surface area contributed by atoms with Crippen LogP contribution >= 0.6 is 0 Å². The maximum absolute atomic E-state index is 12.2. The van der Waals surface area contributed by atoms with Crippen LogP contribution < -0.4 is 5.43 Å². The van der Waals surface area contributed by atoms with E-state index in [1.54, 1.807) is 19.1 Å². The molecule has 0 bridgehead atoms. The van der Waals surface area contributed by atoms with Crippen LogP contribution in [0.25, 0.3) is 11.0 Å². The second-order valence-corrected chi connectivity index (χ2v) is 5.15. The number of phenols is 3. The quantitative estimate of drug-likeness (QED) is 0.335. The van der Waals surface area contributed by atoms with Crippen LogP contribution in [0.2, 0.25) is 0 Å². The van der Waals surface area contributed by atoms with Gasteiger partial charge in [0.2, 0.25) is 0 Å². The highest BCUT2D eigenvalue weighted by atomic mass is 16.3. The van der Waals surface area contributed by atoms with Crippen molar-refractivity contribution in [2.45, 2.75) is 6.92 Å². The van der Waals surface area contributed by atoms with Crippen LogP contribution in [0, 0.1) is 6.92 Å². The van der Waals surface area contributed by atoms with Gasteiger partial charge in [0.15, 0.2) is 17.3 Å². The Morgan fingerprint density at radius 3 is 2.62 bits per heavy atom. The van der Waals surface area contributed by atoms with Gasteiger partial charge >= 0.3 is 5.91 Å². The van der Waals surface area contributed by atoms with Crippen molar-refractivity contribution in [3.05, 3.63) is 53.3 Å². The van der Waals surface area contributed by atoms with Gasteiger partial charge in [-0.2, -0.15) is 5.10 Å². The molecular formula is C17H14N2O5. The summed E-state index contributed by atoms with van der Waals surface area (Å²) in [4.78, 5) is 12.2. The number of benzene rings is 2. The molecule has 0 saturated heterocycles. The van der Waals surface area contributed by atoms with Gasteiger partial charge in [-0.1, -0.05) is 6.07 Å². The van der Waals surface area contributed by atoms with Gasteiger partial charge in [0.25, 0.3) is 0 Å². The molecule has 1 aromatic heterocycles. The standard InChI is InChI=1S/C17H14N2O5/c1-9-15-12(21)3-2-4-14(15)24-16(9)17(23)19-18-8-10-5-6-11(20)13(22)7-10/h2-8,20-22H,1H3,(H,19,23). The zero-order valence-electron chi connectivity index (χ0n) is 12.6. The van der Waals surface area contributed by atoms with E-state index in [0.717, 1.165) is 0 Å². The molecule has 1 amide bonds. The van der Waals surface area contributed by atoms with Crippen LogP contribution in [0.4, 0.5) is 0 Å². The Bertz CT molecular complexity index is 959. The van der Waals surface area contributed by atoms with Crippen molar-refractivity contribution < 1.29 is 24.5 Å². The molecule has 122 valence electrons. The normalized spacial score (nSPS) is 11.2. The number of phenolic OH excluding ortho intramolecular Hbond substituents is 3. The van der Waals surface area contributed by atoms with E-state index in [2.05, 4.69) is 10.5 Å². The molecule has 0 saturated carbocycles. The number of carbonyl (C=O) groups is 1. The molecule has 0 radical (unpaired) electrons. The van der Waals surface area contributed by atoms with E-state index >= 15 is 0 Å². The van der Waals surface area contributed by atoms with Gasteiger partial charge in [-0.3, -0.25) is 4.79 Å². The summed E-state index contributed by atoms with van der Waals surface area (Å²) in [5.74, 6) is -1.00. The van der Waals surface area contributed by atoms with Crippen LogP contribution in [0.15, 0.2) is 45.9 Å². The third-order valence-corrected chi connectivity index (χ3v) is 3.52. The summed E-state index contributed by atoms with van der Waals surface area (Å²) < 4.78 is 5.46. The second-order valence-electron chi connectivity index (χ2n) is 5.15. The van der Waals surface area contributed by atoms with Crippen molar-refractivity contribution in [3.8, 4) is 17.2 Å². The minimum Gasteiger partial charge on any atom is -0.507 e. The first-order valence-corrected chi connectivity index (χ1v) is 7.04. The lowest BCUT2D eigenvalue weighted by Gasteiger charge is -1.99. The summed E-state index contributed by atoms with van der Waals surface area (Å²) in [5.41, 5.74) is 3.72. The maximum Gasteiger partial charge on any atom is 0.307 e. The fraction of sp³-hybridized carbons (Fsp3) is 0.0588. The highest BCUT2D eigenvalue weighted by Gasteiger charge is 2.19. The van der Waals surface area contributed by atoms with Crippen molar-refractivity contribution in [2.24, 2.45) is 5.10 Å². The highest BCUT2D eigenvalue weighted by Crippen LogP contribution is 2.32. The molecule has 3 aromatic rings. The number of nitrogens with zero attached hydrogens (tertiary/aromatic N) is 1. The van der Waals surface area contributed by atoms with E-state index in [1.165, 1.54) is 30.5 Å². The highest BCUT2D eigenvalue weighted by molar-refractivity contribution is 6.00. The lowest BCUT2D eigenvalue weighted by atomic mass is 10.1. The molecule has 4 N–H and O–H groups in total. The summed E-state index contributed by atoms with van der Waals surface area (Å²) in [6.45, 7) is 1.67. The molecule has 7 nitrogen and oxygen atoms in total. The van der Waals surface area contributed by atoms with Crippen molar-refractivity contribution >= 4 is 23.1 Å². The number of amides is 1. The molecule has 3 rings (SSSR count). The van der Waals surface area contributed by atoms with Gasteiger partial charge in [0.05, 0.1) is 11.6 Å². The molecule has 0 unspecified atom stereocenters. The number of nitrogens with one attached hydrogen (secondary N) is 1. The van der Waals surface area contributed by atoms with Crippen LogP contribution in [0.3, 0.4) is 0 Å². The van der Waals surface area contributed by atoms with E-state index in [1.807, 2.05) is 0 Å². The predicted octanol–water partition coefficient (Wildman–Crippen LogP) is 2.62. The Labute approximate surface area is 136 Å². The van der Waals surface area contributed by atoms with E-state index in [4.69, 9.17) is 4.42 Å². The van der Waals surface area contributed by atoms with E-state index in [-0.39, 0.29) is 23.0 Å². The van der Waals surface area contributed by atoms with Crippen molar-refractivity contribution in [1.82, 2.24) is 5.43 Å². The van der Waals surface area contributed by atoms with Gasteiger partial charge in [0.1, 0.15) is 11.3 Å². The van der Waals surface area contributed by atoms with Gasteiger partial charge in [-0.05, 0) is 42.8 Å². The molecule has 1 heterocycles. The molecule has 0 spiro atoms. The van der Waals surface area contributed by atoms with E-state index < -0.39 is 5.91 Å². The summed E-state index contributed by atoms with van der Waals surface area (Å²) >= 11 is 0. The number of rotatable bonds is 3. The fourth-order valence-corrected chi connectivity index (χ4v) is 2.34. The van der Waals surface area contributed by atoms with Crippen LogP contribution in [0.5, 0.6) is 17.2 Å². The number of carbonyl (C=O) groups excluding carboxylic acids is 1. The summed E-state index contributed by atoms with van der Waals surface area (Å²) in [7, 11) is 0. The van der Waals surface area contributed by atoms with Gasteiger partial charge in [-0.25, -0.2) is 5.43 Å². The van der Waals surface area contributed by atoms with Gasteiger partial charge < -0.3 is 19.7 Å². The molecule has 7 heteroatoms. The number of fused-ring (bicyclic) bond motifs is 1. The molecule has 24 heavy (non-hydrogen) atoms. The van der Waals surface area contributed by atoms with Crippen molar-refractivity contribution in [2.75, 3.05) is 0 Å². The first-order chi connectivity index (χ1) is 11.5. The Balaban J connectivity index is 1.80.